The smallest absolute Gasteiger partial charge is 0.407 e. The maximum atomic E-state index is 11.2. The number of amides is 1. The number of alkyl carbamates (subject to hydrolysis) is 1. The zero-order chi connectivity index (χ0) is 14.3. The molecule has 4 heteroatoms. The van der Waals surface area contributed by atoms with Crippen LogP contribution in [-0.2, 0) is 9.47 Å². The molecule has 0 aromatic heterocycles. The molecule has 0 saturated heterocycles. The average molecular weight is 273 g/mol. The summed E-state index contributed by atoms with van der Waals surface area (Å²) in [6.07, 6.45) is 9.64. The Kier molecular flexibility index (Phi) is 13.1. The van der Waals surface area contributed by atoms with E-state index in [2.05, 4.69) is 19.2 Å². The molecule has 1 amide bonds. The first-order chi connectivity index (χ1) is 9.24. The van der Waals surface area contributed by atoms with E-state index in [1.54, 1.807) is 7.11 Å². The molecule has 0 spiro atoms. The largest absolute Gasteiger partial charge is 0.447 e. The van der Waals surface area contributed by atoms with E-state index >= 15 is 0 Å². The molecular weight excluding hydrogens is 242 g/mol. The highest BCUT2D eigenvalue weighted by Gasteiger charge is 2.15. The molecule has 1 N–H and O–H groups in total. The van der Waals surface area contributed by atoms with Gasteiger partial charge in [-0.25, -0.2) is 4.79 Å². The molecule has 1 rings (SSSR count). The third-order valence-corrected chi connectivity index (χ3v) is 3.15. The van der Waals surface area contributed by atoms with Gasteiger partial charge in [-0.05, 0) is 12.8 Å². The van der Waals surface area contributed by atoms with Gasteiger partial charge in [-0.1, -0.05) is 52.4 Å². The predicted molar refractivity (Wildman–Crippen MR) is 78.4 cm³/mol. The second-order valence-corrected chi connectivity index (χ2v) is 4.96. The van der Waals surface area contributed by atoms with Gasteiger partial charge in [0.1, 0.15) is 6.61 Å². The van der Waals surface area contributed by atoms with Crippen molar-refractivity contribution in [2.45, 2.75) is 71.3 Å². The van der Waals surface area contributed by atoms with Crippen LogP contribution in [0.5, 0.6) is 0 Å². The number of carbonyl (C=O) groups is 1. The van der Waals surface area contributed by atoms with Crippen LogP contribution in [0.1, 0.15) is 65.2 Å². The van der Waals surface area contributed by atoms with E-state index in [0.717, 1.165) is 12.8 Å². The van der Waals surface area contributed by atoms with E-state index < -0.39 is 0 Å². The predicted octanol–water partition coefficient (Wildman–Crippen LogP) is 3.89. The monoisotopic (exact) mass is 273 g/mol. The number of methoxy groups -OCH3 is 1. The summed E-state index contributed by atoms with van der Waals surface area (Å²) >= 11 is 0. The molecule has 0 bridgehead atoms. The van der Waals surface area contributed by atoms with Gasteiger partial charge in [-0.3, -0.25) is 0 Å². The first kappa shape index (κ1) is 18.2. The summed E-state index contributed by atoms with van der Waals surface area (Å²) in [5.41, 5.74) is 0. The lowest BCUT2D eigenvalue weighted by atomic mass is 9.96. The van der Waals surface area contributed by atoms with Crippen LogP contribution in [0, 0.1) is 0 Å². The Balaban J connectivity index is 0.000000555. The Morgan fingerprint density at radius 3 is 2.21 bits per heavy atom. The van der Waals surface area contributed by atoms with Crippen LogP contribution in [0.15, 0.2) is 0 Å². The maximum absolute atomic E-state index is 11.2. The molecule has 0 unspecified atom stereocenters. The SMILES string of the molecule is CCCCC.COCCOC(=O)NC1CCCCC1. The van der Waals surface area contributed by atoms with Crippen LogP contribution in [0.25, 0.3) is 0 Å². The minimum atomic E-state index is -0.311. The fraction of sp³-hybridized carbons (Fsp3) is 0.933. The molecule has 0 radical (unpaired) electrons. The highest BCUT2D eigenvalue weighted by Crippen LogP contribution is 2.17. The lowest BCUT2D eigenvalue weighted by Gasteiger charge is -2.22. The van der Waals surface area contributed by atoms with Gasteiger partial charge in [0.2, 0.25) is 0 Å². The van der Waals surface area contributed by atoms with E-state index in [1.165, 1.54) is 38.5 Å². The lowest BCUT2D eigenvalue weighted by molar-refractivity contribution is 0.0952. The quantitative estimate of drug-likeness (QED) is 0.747. The van der Waals surface area contributed by atoms with Gasteiger partial charge in [0.05, 0.1) is 6.61 Å². The van der Waals surface area contributed by atoms with Crippen LogP contribution in [0.3, 0.4) is 0 Å². The van der Waals surface area contributed by atoms with Gasteiger partial charge in [0, 0.05) is 13.2 Å². The average Bonchev–Trinajstić information content (AvgIpc) is 2.42. The van der Waals surface area contributed by atoms with Crippen molar-refractivity contribution in [2.75, 3.05) is 20.3 Å². The molecule has 1 fully saturated rings. The molecule has 1 aliphatic rings. The van der Waals surface area contributed by atoms with Gasteiger partial charge in [0.25, 0.3) is 0 Å². The third kappa shape index (κ3) is 12.0. The summed E-state index contributed by atoms with van der Waals surface area (Å²) in [5.74, 6) is 0. The van der Waals surface area contributed by atoms with Crippen LogP contribution >= 0.6 is 0 Å². The van der Waals surface area contributed by atoms with E-state index in [0.29, 0.717) is 19.3 Å². The van der Waals surface area contributed by atoms with E-state index in [9.17, 15) is 4.79 Å². The van der Waals surface area contributed by atoms with Gasteiger partial charge >= 0.3 is 6.09 Å². The van der Waals surface area contributed by atoms with Crippen LogP contribution < -0.4 is 5.32 Å². The fourth-order valence-corrected chi connectivity index (χ4v) is 2.03. The Morgan fingerprint density at radius 2 is 1.74 bits per heavy atom. The van der Waals surface area contributed by atoms with Crippen molar-refractivity contribution in [3.8, 4) is 0 Å². The molecule has 0 heterocycles. The van der Waals surface area contributed by atoms with Crippen molar-refractivity contribution < 1.29 is 14.3 Å². The number of nitrogens with one attached hydrogen (secondary N) is 1. The first-order valence-electron chi connectivity index (χ1n) is 7.66. The highest BCUT2D eigenvalue weighted by molar-refractivity contribution is 5.67. The number of carbonyl (C=O) groups excluding carboxylic acids is 1. The van der Waals surface area contributed by atoms with Crippen LogP contribution in [0.4, 0.5) is 4.79 Å². The Hall–Kier alpha value is -0.770. The Bertz CT molecular complexity index is 202. The van der Waals surface area contributed by atoms with Crippen molar-refractivity contribution in [1.29, 1.82) is 0 Å². The minimum Gasteiger partial charge on any atom is -0.447 e. The molecular formula is C15H31NO3. The second kappa shape index (κ2) is 13.7. The Morgan fingerprint density at radius 1 is 1.11 bits per heavy atom. The molecule has 0 atom stereocenters. The van der Waals surface area contributed by atoms with Gasteiger partial charge < -0.3 is 14.8 Å². The summed E-state index contributed by atoms with van der Waals surface area (Å²) in [6.45, 7) is 5.21. The number of hydrogen-bond acceptors (Lipinski definition) is 3. The summed E-state index contributed by atoms with van der Waals surface area (Å²) in [7, 11) is 1.59. The van der Waals surface area contributed by atoms with Crippen molar-refractivity contribution >= 4 is 6.09 Å². The zero-order valence-corrected chi connectivity index (χ0v) is 12.9. The molecule has 0 aromatic rings. The van der Waals surface area contributed by atoms with Crippen molar-refractivity contribution in [2.24, 2.45) is 0 Å². The standard InChI is InChI=1S/C10H19NO3.C5H12/c1-13-7-8-14-10(12)11-9-5-3-2-4-6-9;1-3-5-4-2/h9H,2-8H2,1H3,(H,11,12);3-5H2,1-2H3. The lowest BCUT2D eigenvalue weighted by Crippen LogP contribution is -2.36. The third-order valence-electron chi connectivity index (χ3n) is 3.15. The van der Waals surface area contributed by atoms with Gasteiger partial charge in [-0.2, -0.15) is 0 Å². The number of hydrogen-bond donors (Lipinski definition) is 1. The molecule has 0 aromatic carbocycles. The van der Waals surface area contributed by atoms with E-state index in [1.807, 2.05) is 0 Å². The van der Waals surface area contributed by atoms with Gasteiger partial charge in [0.15, 0.2) is 0 Å². The topological polar surface area (TPSA) is 47.6 Å². The molecule has 1 aliphatic carbocycles. The molecule has 1 saturated carbocycles. The maximum Gasteiger partial charge on any atom is 0.407 e. The van der Waals surface area contributed by atoms with Crippen molar-refractivity contribution in [3.63, 3.8) is 0 Å². The minimum absolute atomic E-state index is 0.311. The van der Waals surface area contributed by atoms with Crippen LogP contribution in [-0.4, -0.2) is 32.5 Å². The highest BCUT2D eigenvalue weighted by atomic mass is 16.6. The Labute approximate surface area is 118 Å². The van der Waals surface area contributed by atoms with E-state index in [-0.39, 0.29) is 6.09 Å². The summed E-state index contributed by atoms with van der Waals surface area (Å²) in [5, 5.41) is 2.86. The molecule has 19 heavy (non-hydrogen) atoms. The molecule has 114 valence electrons. The second-order valence-electron chi connectivity index (χ2n) is 4.96. The number of rotatable bonds is 6. The molecule has 0 aliphatic heterocycles. The summed E-state index contributed by atoms with van der Waals surface area (Å²) < 4.78 is 9.69. The number of unbranched alkanes of at least 4 members (excludes halogenated alkanes) is 2. The zero-order valence-electron chi connectivity index (χ0n) is 12.9. The van der Waals surface area contributed by atoms with Crippen molar-refractivity contribution in [1.82, 2.24) is 5.32 Å². The van der Waals surface area contributed by atoms with Gasteiger partial charge in [-0.15, -0.1) is 0 Å². The normalized spacial score (nSPS) is 15.3. The van der Waals surface area contributed by atoms with Crippen molar-refractivity contribution in [3.05, 3.63) is 0 Å². The van der Waals surface area contributed by atoms with E-state index in [4.69, 9.17) is 9.47 Å². The fourth-order valence-electron chi connectivity index (χ4n) is 2.03. The summed E-state index contributed by atoms with van der Waals surface area (Å²) in [4.78, 5) is 11.2. The molecule has 4 nitrogen and oxygen atoms in total. The van der Waals surface area contributed by atoms with Crippen LogP contribution in [0.2, 0.25) is 0 Å². The first-order valence-corrected chi connectivity index (χ1v) is 7.66. The number of ether oxygens (including phenoxy) is 2. The summed E-state index contributed by atoms with van der Waals surface area (Å²) in [6, 6.07) is 0.318.